The van der Waals surface area contributed by atoms with Crippen molar-refractivity contribution in [3.63, 3.8) is 0 Å². The molecule has 1 aromatic carbocycles. The Bertz CT molecular complexity index is 533. The van der Waals surface area contributed by atoms with Gasteiger partial charge >= 0.3 is 0 Å². The topological polar surface area (TPSA) is 26.2 Å². The molecule has 0 aliphatic rings. The molecule has 0 fully saturated rings. The maximum atomic E-state index is 5.81. The molecule has 1 aromatic heterocycles. The van der Waals surface area contributed by atoms with Crippen molar-refractivity contribution in [2.24, 2.45) is 0 Å². The number of rotatable bonds is 8. The summed E-state index contributed by atoms with van der Waals surface area (Å²) in [5.41, 5.74) is 1.25. The summed E-state index contributed by atoms with van der Waals surface area (Å²) in [4.78, 5) is 0. The number of nitrogens with one attached hydrogen (secondary N) is 1. The fraction of sp³-hybridized carbons (Fsp3) is 0.529. The van der Waals surface area contributed by atoms with E-state index in [0.29, 0.717) is 6.04 Å². The van der Waals surface area contributed by atoms with Gasteiger partial charge in [0.15, 0.2) is 0 Å². The van der Waals surface area contributed by atoms with Crippen LogP contribution in [0.4, 0.5) is 0 Å². The van der Waals surface area contributed by atoms with E-state index in [1.165, 1.54) is 17.3 Å². The van der Waals surface area contributed by atoms with Crippen LogP contribution in [0.15, 0.2) is 30.5 Å². The summed E-state index contributed by atoms with van der Waals surface area (Å²) in [5, 5.41) is 4.74. The molecule has 0 saturated heterocycles. The van der Waals surface area contributed by atoms with Gasteiger partial charge in [0.05, 0.1) is 12.1 Å². The largest absolute Gasteiger partial charge is 0.493 e. The molecule has 110 valence electrons. The highest BCUT2D eigenvalue weighted by Gasteiger charge is 2.06. The summed E-state index contributed by atoms with van der Waals surface area (Å²) in [5.74, 6) is 0.998. The number of hydrogen-bond acceptors (Lipinski definition) is 2. The van der Waals surface area contributed by atoms with Crippen LogP contribution in [0.3, 0.4) is 0 Å². The lowest BCUT2D eigenvalue weighted by atomic mass is 10.2. The third-order valence-electron chi connectivity index (χ3n) is 3.69. The molecule has 1 heterocycles. The van der Waals surface area contributed by atoms with Gasteiger partial charge in [-0.25, -0.2) is 0 Å². The van der Waals surface area contributed by atoms with Gasteiger partial charge < -0.3 is 14.6 Å². The van der Waals surface area contributed by atoms with E-state index in [1.54, 1.807) is 0 Å². The van der Waals surface area contributed by atoms with Gasteiger partial charge in [-0.15, -0.1) is 0 Å². The molecule has 0 saturated carbocycles. The van der Waals surface area contributed by atoms with Crippen molar-refractivity contribution in [2.45, 2.75) is 46.2 Å². The van der Waals surface area contributed by atoms with E-state index in [2.05, 4.69) is 61.1 Å². The van der Waals surface area contributed by atoms with Gasteiger partial charge in [-0.05, 0) is 38.0 Å². The first-order chi connectivity index (χ1) is 9.76. The second kappa shape index (κ2) is 7.34. The smallest absolute Gasteiger partial charge is 0.128 e. The van der Waals surface area contributed by atoms with Crippen LogP contribution in [0.25, 0.3) is 10.9 Å². The van der Waals surface area contributed by atoms with Crippen LogP contribution in [-0.4, -0.2) is 23.8 Å². The van der Waals surface area contributed by atoms with Crippen molar-refractivity contribution in [2.75, 3.05) is 13.2 Å². The lowest BCUT2D eigenvalue weighted by Crippen LogP contribution is -2.28. The van der Waals surface area contributed by atoms with Crippen LogP contribution in [0.5, 0.6) is 5.75 Å². The van der Waals surface area contributed by atoms with Crippen molar-refractivity contribution < 1.29 is 4.74 Å². The number of fused-ring (bicyclic) bond motifs is 1. The van der Waals surface area contributed by atoms with Crippen LogP contribution < -0.4 is 10.1 Å². The van der Waals surface area contributed by atoms with E-state index in [1.807, 2.05) is 0 Å². The second-order valence-electron chi connectivity index (χ2n) is 5.31. The van der Waals surface area contributed by atoms with E-state index >= 15 is 0 Å². The minimum atomic E-state index is 0.584. The average Bonchev–Trinajstić information content (AvgIpc) is 2.89. The Morgan fingerprint density at radius 3 is 2.85 bits per heavy atom. The van der Waals surface area contributed by atoms with E-state index in [4.69, 9.17) is 4.74 Å². The predicted octanol–water partition coefficient (Wildman–Crippen LogP) is 3.82. The Kier molecular flexibility index (Phi) is 5.48. The summed E-state index contributed by atoms with van der Waals surface area (Å²) < 4.78 is 8.11. The molecular weight excluding hydrogens is 248 g/mol. The molecule has 20 heavy (non-hydrogen) atoms. The Morgan fingerprint density at radius 1 is 1.25 bits per heavy atom. The third kappa shape index (κ3) is 3.54. The predicted molar refractivity (Wildman–Crippen MR) is 85.5 cm³/mol. The first-order valence-corrected chi connectivity index (χ1v) is 7.70. The summed E-state index contributed by atoms with van der Waals surface area (Å²) in [7, 11) is 0. The maximum absolute atomic E-state index is 5.81. The van der Waals surface area contributed by atoms with Crippen molar-refractivity contribution in [3.8, 4) is 5.75 Å². The molecule has 0 aliphatic heterocycles. The molecular formula is C17H26N2O. The SMILES string of the molecule is CCCOc1cccc2c1ccn2CCNC(C)CC. The summed E-state index contributed by atoms with van der Waals surface area (Å²) in [6.07, 6.45) is 4.36. The molecule has 1 unspecified atom stereocenters. The monoisotopic (exact) mass is 274 g/mol. The van der Waals surface area contributed by atoms with Crippen molar-refractivity contribution in [1.29, 1.82) is 0 Å². The fourth-order valence-corrected chi connectivity index (χ4v) is 2.30. The van der Waals surface area contributed by atoms with Gasteiger partial charge in [0.2, 0.25) is 0 Å². The molecule has 0 spiro atoms. The minimum Gasteiger partial charge on any atom is -0.493 e. The van der Waals surface area contributed by atoms with Gasteiger partial charge in [-0.1, -0.05) is 19.9 Å². The number of aromatic nitrogens is 1. The van der Waals surface area contributed by atoms with Gasteiger partial charge in [-0.2, -0.15) is 0 Å². The maximum Gasteiger partial charge on any atom is 0.128 e. The van der Waals surface area contributed by atoms with Gasteiger partial charge in [0.1, 0.15) is 5.75 Å². The van der Waals surface area contributed by atoms with Crippen molar-refractivity contribution in [3.05, 3.63) is 30.5 Å². The lowest BCUT2D eigenvalue weighted by molar-refractivity contribution is 0.321. The molecule has 3 nitrogen and oxygen atoms in total. The molecule has 0 amide bonds. The van der Waals surface area contributed by atoms with E-state index in [0.717, 1.165) is 31.9 Å². The van der Waals surface area contributed by atoms with Crippen molar-refractivity contribution >= 4 is 10.9 Å². The van der Waals surface area contributed by atoms with Crippen LogP contribution in [0.1, 0.15) is 33.6 Å². The van der Waals surface area contributed by atoms with E-state index in [-0.39, 0.29) is 0 Å². The van der Waals surface area contributed by atoms with Gasteiger partial charge in [0.25, 0.3) is 0 Å². The Balaban J connectivity index is 2.07. The standard InChI is InChI=1S/C17H26N2O/c1-4-13-20-17-8-6-7-16-15(17)9-11-19(16)12-10-18-14(3)5-2/h6-9,11,14,18H,4-5,10,12-13H2,1-3H3. The van der Waals surface area contributed by atoms with E-state index < -0.39 is 0 Å². The summed E-state index contributed by atoms with van der Waals surface area (Å²) in [6.45, 7) is 9.33. The van der Waals surface area contributed by atoms with E-state index in [9.17, 15) is 0 Å². The van der Waals surface area contributed by atoms with Crippen LogP contribution in [0, 0.1) is 0 Å². The summed E-state index contributed by atoms with van der Waals surface area (Å²) >= 11 is 0. The van der Waals surface area contributed by atoms with Crippen LogP contribution in [0.2, 0.25) is 0 Å². The zero-order valence-corrected chi connectivity index (χ0v) is 12.9. The quantitative estimate of drug-likeness (QED) is 0.792. The normalized spacial score (nSPS) is 12.8. The lowest BCUT2D eigenvalue weighted by Gasteiger charge is -2.12. The highest BCUT2D eigenvalue weighted by Crippen LogP contribution is 2.26. The van der Waals surface area contributed by atoms with Crippen molar-refractivity contribution in [1.82, 2.24) is 9.88 Å². The Labute approximate surface area is 121 Å². The highest BCUT2D eigenvalue weighted by molar-refractivity contribution is 5.86. The number of nitrogens with zero attached hydrogens (tertiary/aromatic N) is 1. The molecule has 2 aromatic rings. The highest BCUT2D eigenvalue weighted by atomic mass is 16.5. The molecule has 1 atom stereocenters. The summed E-state index contributed by atoms with van der Waals surface area (Å²) in [6, 6.07) is 9.03. The molecule has 0 bridgehead atoms. The second-order valence-corrected chi connectivity index (χ2v) is 5.31. The Hall–Kier alpha value is -1.48. The number of ether oxygens (including phenoxy) is 1. The number of hydrogen-bond donors (Lipinski definition) is 1. The average molecular weight is 274 g/mol. The van der Waals surface area contributed by atoms with Crippen LogP contribution in [-0.2, 0) is 6.54 Å². The molecule has 2 rings (SSSR count). The minimum absolute atomic E-state index is 0.584. The first kappa shape index (κ1) is 14.9. The third-order valence-corrected chi connectivity index (χ3v) is 3.69. The molecule has 0 radical (unpaired) electrons. The van der Waals surface area contributed by atoms with Gasteiger partial charge in [-0.3, -0.25) is 0 Å². The molecule has 3 heteroatoms. The number of benzene rings is 1. The zero-order chi connectivity index (χ0) is 14.4. The molecule has 1 N–H and O–H groups in total. The first-order valence-electron chi connectivity index (χ1n) is 7.70. The Morgan fingerprint density at radius 2 is 2.10 bits per heavy atom. The van der Waals surface area contributed by atoms with Gasteiger partial charge in [0, 0.05) is 30.7 Å². The zero-order valence-electron chi connectivity index (χ0n) is 12.9. The molecule has 0 aliphatic carbocycles. The van der Waals surface area contributed by atoms with Crippen LogP contribution >= 0.6 is 0 Å². The fourth-order valence-electron chi connectivity index (χ4n) is 2.30.